The first kappa shape index (κ1) is 24.9. The largest absolute Gasteiger partial charge is 0.395 e. The van der Waals surface area contributed by atoms with Crippen LogP contribution in [-0.2, 0) is 15.8 Å². The van der Waals surface area contributed by atoms with Gasteiger partial charge in [-0.2, -0.15) is 0 Å². The first-order valence-electron chi connectivity index (χ1n) is 12.4. The summed E-state index contributed by atoms with van der Waals surface area (Å²) in [5.74, 6) is 7.15. The topological polar surface area (TPSA) is 60.9 Å². The van der Waals surface area contributed by atoms with E-state index in [-0.39, 0.29) is 30.4 Å². The van der Waals surface area contributed by atoms with E-state index >= 15 is 0 Å². The molecule has 0 amide bonds. The van der Waals surface area contributed by atoms with Crippen molar-refractivity contribution in [2.24, 2.45) is 5.92 Å². The summed E-state index contributed by atoms with van der Waals surface area (Å²) in [7, 11) is -3.43. The first-order valence-corrected chi connectivity index (χ1v) is 14.0. The van der Waals surface area contributed by atoms with Crippen LogP contribution in [-0.4, -0.2) is 61.1 Å². The molecule has 5 nitrogen and oxygen atoms in total. The molecule has 0 saturated carbocycles. The van der Waals surface area contributed by atoms with Gasteiger partial charge >= 0.3 is 0 Å². The molecule has 34 heavy (non-hydrogen) atoms. The van der Waals surface area contributed by atoms with E-state index < -0.39 is 10.0 Å². The second kappa shape index (κ2) is 11.0. The third-order valence-electron chi connectivity index (χ3n) is 6.96. The Hall–Kier alpha value is -2.17. The van der Waals surface area contributed by atoms with Crippen molar-refractivity contribution in [1.82, 2.24) is 9.21 Å². The molecule has 3 atom stereocenters. The Morgan fingerprint density at radius 3 is 2.41 bits per heavy atom. The number of sulfonamides is 1. The maximum Gasteiger partial charge on any atom is 0.218 e. The summed E-state index contributed by atoms with van der Waals surface area (Å²) in [6.45, 7) is 6.32. The van der Waals surface area contributed by atoms with Crippen molar-refractivity contribution in [3.8, 4) is 11.8 Å². The molecule has 6 heteroatoms. The van der Waals surface area contributed by atoms with Crippen LogP contribution in [0.25, 0.3) is 0 Å². The Morgan fingerprint density at radius 1 is 1.03 bits per heavy atom. The molecule has 2 fully saturated rings. The van der Waals surface area contributed by atoms with Crippen molar-refractivity contribution < 1.29 is 13.5 Å². The summed E-state index contributed by atoms with van der Waals surface area (Å²) in [5, 5.41) is 10.2. The van der Waals surface area contributed by atoms with E-state index in [1.165, 1.54) is 0 Å². The summed E-state index contributed by atoms with van der Waals surface area (Å²) in [6.07, 6.45) is 2.65. The third-order valence-corrected chi connectivity index (χ3v) is 8.77. The molecule has 182 valence electrons. The van der Waals surface area contributed by atoms with Crippen LogP contribution in [0.4, 0.5) is 0 Å². The highest BCUT2D eigenvalue weighted by Gasteiger charge is 2.50. The molecule has 1 N–H and O–H groups in total. The standard InChI is InChI=1S/C28H36N2O3S/c1-22(2)9-8-12-23-13-15-25(16-14-23)28-26-19-29(17-6-7-18-30(26)27(28)20-31)34(32,33)21-24-10-4-3-5-11-24/h3-5,10-11,13-16,22,26-28,31H,6-7,9,17-21H2,1-2H3/t26-,27-,28+/m0/s1. The predicted octanol–water partition coefficient (Wildman–Crippen LogP) is 3.84. The van der Waals surface area contributed by atoms with E-state index in [0.29, 0.717) is 19.0 Å². The summed E-state index contributed by atoms with van der Waals surface area (Å²) in [5.41, 5.74) is 2.95. The van der Waals surface area contributed by atoms with Gasteiger partial charge in [-0.1, -0.05) is 68.2 Å². The smallest absolute Gasteiger partial charge is 0.218 e. The van der Waals surface area contributed by atoms with Gasteiger partial charge in [-0.15, -0.1) is 0 Å². The van der Waals surface area contributed by atoms with Crippen LogP contribution in [0.15, 0.2) is 54.6 Å². The number of hydrogen-bond acceptors (Lipinski definition) is 4. The minimum absolute atomic E-state index is 0.0262. The fourth-order valence-corrected chi connectivity index (χ4v) is 6.77. The lowest BCUT2D eigenvalue weighted by atomic mass is 9.74. The van der Waals surface area contributed by atoms with Crippen molar-refractivity contribution in [2.45, 2.75) is 56.9 Å². The molecule has 0 unspecified atom stereocenters. The van der Waals surface area contributed by atoms with Gasteiger partial charge in [0.2, 0.25) is 10.0 Å². The third kappa shape index (κ3) is 5.72. The van der Waals surface area contributed by atoms with Crippen molar-refractivity contribution in [2.75, 3.05) is 26.2 Å². The summed E-state index contributed by atoms with van der Waals surface area (Å²) in [4.78, 5) is 2.31. The monoisotopic (exact) mass is 480 g/mol. The van der Waals surface area contributed by atoms with E-state index in [0.717, 1.165) is 42.5 Å². The molecular formula is C28H36N2O3S. The number of benzene rings is 2. The molecule has 2 aromatic carbocycles. The SMILES string of the molecule is CC(C)CC#Cc1ccc([C@H]2[C@H](CO)N3CCCCN(S(=O)(=O)Cc4ccccc4)C[C@@H]23)cc1. The molecule has 2 aliphatic heterocycles. The van der Waals surface area contributed by atoms with Crippen LogP contribution in [0.2, 0.25) is 0 Å². The fourth-order valence-electron chi connectivity index (χ4n) is 5.18. The maximum atomic E-state index is 13.3. The molecule has 4 rings (SSSR count). The van der Waals surface area contributed by atoms with E-state index in [4.69, 9.17) is 0 Å². The summed E-state index contributed by atoms with van der Waals surface area (Å²) >= 11 is 0. The number of hydrogen-bond donors (Lipinski definition) is 1. The minimum atomic E-state index is -3.43. The highest BCUT2D eigenvalue weighted by atomic mass is 32.2. The number of fused-ring (bicyclic) bond motifs is 1. The lowest BCUT2D eigenvalue weighted by molar-refractivity contribution is -0.0554. The zero-order valence-electron chi connectivity index (χ0n) is 20.2. The molecular weight excluding hydrogens is 444 g/mol. The molecule has 2 heterocycles. The lowest BCUT2D eigenvalue weighted by Crippen LogP contribution is -2.67. The average molecular weight is 481 g/mol. The van der Waals surface area contributed by atoms with Crippen LogP contribution in [0.5, 0.6) is 0 Å². The minimum Gasteiger partial charge on any atom is -0.395 e. The second-order valence-electron chi connectivity index (χ2n) is 9.91. The molecule has 2 saturated heterocycles. The van der Waals surface area contributed by atoms with Crippen molar-refractivity contribution in [3.63, 3.8) is 0 Å². The van der Waals surface area contributed by atoms with Gasteiger partial charge in [0.15, 0.2) is 0 Å². The normalized spacial score (nSPS) is 23.8. The Labute approximate surface area is 204 Å². The Bertz CT molecular complexity index is 1100. The van der Waals surface area contributed by atoms with Crippen molar-refractivity contribution in [3.05, 3.63) is 71.3 Å². The van der Waals surface area contributed by atoms with Gasteiger partial charge < -0.3 is 5.11 Å². The van der Waals surface area contributed by atoms with E-state index in [2.05, 4.69) is 42.7 Å². The lowest BCUT2D eigenvalue weighted by Gasteiger charge is -2.57. The molecule has 0 aliphatic carbocycles. The fraction of sp³-hybridized carbons (Fsp3) is 0.500. The van der Waals surface area contributed by atoms with Crippen LogP contribution in [0, 0.1) is 17.8 Å². The van der Waals surface area contributed by atoms with Gasteiger partial charge in [-0.25, -0.2) is 12.7 Å². The molecule has 0 bridgehead atoms. The Morgan fingerprint density at radius 2 is 1.74 bits per heavy atom. The van der Waals surface area contributed by atoms with Gasteiger partial charge in [0.1, 0.15) is 0 Å². The van der Waals surface area contributed by atoms with Gasteiger partial charge in [-0.3, -0.25) is 4.90 Å². The Kier molecular flexibility index (Phi) is 8.10. The van der Waals surface area contributed by atoms with Crippen LogP contribution >= 0.6 is 0 Å². The molecule has 2 aliphatic rings. The second-order valence-corrected chi connectivity index (χ2v) is 11.9. The van der Waals surface area contributed by atoms with Gasteiger partial charge in [0.25, 0.3) is 0 Å². The van der Waals surface area contributed by atoms with Gasteiger partial charge in [0.05, 0.1) is 12.4 Å². The first-order chi connectivity index (χ1) is 16.4. The molecule has 0 aromatic heterocycles. The van der Waals surface area contributed by atoms with Gasteiger partial charge in [-0.05, 0) is 48.6 Å². The van der Waals surface area contributed by atoms with E-state index in [1.54, 1.807) is 4.31 Å². The van der Waals surface area contributed by atoms with Crippen LogP contribution < -0.4 is 0 Å². The molecule has 0 spiro atoms. The van der Waals surface area contributed by atoms with E-state index in [9.17, 15) is 13.5 Å². The predicted molar refractivity (Wildman–Crippen MR) is 137 cm³/mol. The number of nitrogens with zero attached hydrogens (tertiary/aromatic N) is 2. The van der Waals surface area contributed by atoms with Crippen LogP contribution in [0.3, 0.4) is 0 Å². The summed E-state index contributed by atoms with van der Waals surface area (Å²) in [6, 6.07) is 17.8. The molecule has 0 radical (unpaired) electrons. The highest BCUT2D eigenvalue weighted by Crippen LogP contribution is 2.42. The van der Waals surface area contributed by atoms with Crippen molar-refractivity contribution >= 4 is 10.0 Å². The number of aliphatic hydroxyl groups excluding tert-OH is 1. The zero-order chi connectivity index (χ0) is 24.1. The highest BCUT2D eigenvalue weighted by molar-refractivity contribution is 7.88. The maximum absolute atomic E-state index is 13.3. The zero-order valence-corrected chi connectivity index (χ0v) is 21.0. The quantitative estimate of drug-likeness (QED) is 0.639. The van der Waals surface area contributed by atoms with Crippen LogP contribution in [0.1, 0.15) is 55.7 Å². The number of rotatable bonds is 6. The van der Waals surface area contributed by atoms with Crippen molar-refractivity contribution in [1.29, 1.82) is 0 Å². The average Bonchev–Trinajstić information content (AvgIpc) is 2.79. The molecule has 2 aromatic rings. The van der Waals surface area contributed by atoms with E-state index in [1.807, 2.05) is 42.5 Å². The van der Waals surface area contributed by atoms with Gasteiger partial charge in [0, 0.05) is 43.1 Å². The number of aliphatic hydroxyl groups is 1. The summed E-state index contributed by atoms with van der Waals surface area (Å²) < 4.78 is 28.3. The Balaban J connectivity index is 1.53.